The predicted molar refractivity (Wildman–Crippen MR) is 107 cm³/mol. The highest BCUT2D eigenvalue weighted by atomic mass is 19.1. The third kappa shape index (κ3) is 4.19. The van der Waals surface area contributed by atoms with Crippen molar-refractivity contribution in [3.63, 3.8) is 0 Å². The third-order valence-electron chi connectivity index (χ3n) is 4.14. The van der Waals surface area contributed by atoms with Crippen molar-refractivity contribution in [2.24, 2.45) is 0 Å². The van der Waals surface area contributed by atoms with Crippen LogP contribution in [0.15, 0.2) is 59.4 Å². The summed E-state index contributed by atoms with van der Waals surface area (Å²) in [7, 11) is 0. The average molecular weight is 408 g/mol. The summed E-state index contributed by atoms with van der Waals surface area (Å²) in [5, 5.41) is 7.11. The number of rotatable bonds is 7. The molecule has 0 unspecified atom stereocenters. The molecule has 4 rings (SSSR count). The summed E-state index contributed by atoms with van der Waals surface area (Å²) in [5.74, 6) is 0.120. The number of benzene rings is 2. The Balaban J connectivity index is 1.49. The van der Waals surface area contributed by atoms with Crippen LogP contribution in [0.3, 0.4) is 0 Å². The summed E-state index contributed by atoms with van der Waals surface area (Å²) >= 11 is 0. The number of ether oxygens (including phenoxy) is 2. The fraction of sp³-hybridized carbons (Fsp3) is 0.143. The molecule has 4 aromatic rings. The fourth-order valence-corrected chi connectivity index (χ4v) is 2.81. The van der Waals surface area contributed by atoms with Crippen molar-refractivity contribution in [1.29, 1.82) is 0 Å². The zero-order chi connectivity index (χ0) is 20.9. The molecule has 1 amide bonds. The number of hydrogen-bond donors (Lipinski definition) is 1. The van der Waals surface area contributed by atoms with Gasteiger partial charge in [-0.25, -0.2) is 9.37 Å². The van der Waals surface area contributed by atoms with E-state index >= 15 is 0 Å². The molecular formula is C21H17FN4O4. The van der Waals surface area contributed by atoms with Crippen molar-refractivity contribution in [2.45, 2.75) is 6.92 Å². The van der Waals surface area contributed by atoms with Crippen LogP contribution in [0, 0.1) is 5.82 Å². The van der Waals surface area contributed by atoms with E-state index in [1.165, 1.54) is 18.5 Å². The summed E-state index contributed by atoms with van der Waals surface area (Å²) in [5.41, 5.74) is 1.81. The molecule has 0 aliphatic carbocycles. The average Bonchev–Trinajstić information content (AvgIpc) is 3.19. The smallest absolute Gasteiger partial charge is 0.265 e. The van der Waals surface area contributed by atoms with Crippen molar-refractivity contribution in [2.75, 3.05) is 18.5 Å². The lowest BCUT2D eigenvalue weighted by molar-refractivity contribution is -0.118. The van der Waals surface area contributed by atoms with E-state index in [1.807, 2.05) is 6.92 Å². The molecule has 0 atom stereocenters. The second-order valence-corrected chi connectivity index (χ2v) is 6.19. The number of nitrogens with one attached hydrogen (secondary N) is 1. The molecule has 9 heteroatoms. The van der Waals surface area contributed by atoms with Crippen molar-refractivity contribution < 1.29 is 23.2 Å². The number of carbonyl (C=O) groups excluding carboxylic acids is 1. The Hall–Kier alpha value is -4.01. The van der Waals surface area contributed by atoms with E-state index in [-0.39, 0.29) is 29.9 Å². The minimum Gasteiger partial charge on any atom is -0.494 e. The predicted octanol–water partition coefficient (Wildman–Crippen LogP) is 3.84. The molecule has 2 aromatic carbocycles. The monoisotopic (exact) mass is 408 g/mol. The van der Waals surface area contributed by atoms with Crippen molar-refractivity contribution >= 4 is 22.7 Å². The Bertz CT molecular complexity index is 1160. The van der Waals surface area contributed by atoms with Crippen LogP contribution < -0.4 is 14.8 Å². The number of anilines is 1. The molecule has 0 bridgehead atoms. The molecule has 0 aliphatic heterocycles. The van der Waals surface area contributed by atoms with Gasteiger partial charge in [-0.3, -0.25) is 4.79 Å². The van der Waals surface area contributed by atoms with E-state index in [0.29, 0.717) is 28.9 Å². The van der Waals surface area contributed by atoms with Crippen LogP contribution >= 0.6 is 0 Å². The number of halogens is 1. The minimum atomic E-state index is -0.370. The standard InChI is InChI=1S/C21H17FN4O4/c1-2-28-16-9-7-15(8-10-16)25-17(27)11-29-20-18-19(13-3-5-14(22)6-4-13)26-30-21(18)24-12-23-20/h3-10,12H,2,11H2,1H3,(H,25,27). The van der Waals surface area contributed by atoms with Gasteiger partial charge in [-0.15, -0.1) is 0 Å². The van der Waals surface area contributed by atoms with Gasteiger partial charge >= 0.3 is 0 Å². The van der Waals surface area contributed by atoms with Gasteiger partial charge in [0, 0.05) is 11.3 Å². The molecule has 0 radical (unpaired) electrons. The van der Waals surface area contributed by atoms with E-state index in [4.69, 9.17) is 14.0 Å². The first kappa shape index (κ1) is 19.3. The highest BCUT2D eigenvalue weighted by Gasteiger charge is 2.18. The highest BCUT2D eigenvalue weighted by Crippen LogP contribution is 2.32. The number of amides is 1. The Morgan fingerprint density at radius 1 is 1.07 bits per heavy atom. The normalized spacial score (nSPS) is 10.7. The van der Waals surface area contributed by atoms with Crippen LogP contribution in [0.4, 0.5) is 10.1 Å². The molecule has 152 valence electrons. The maximum absolute atomic E-state index is 13.2. The zero-order valence-corrected chi connectivity index (χ0v) is 16.0. The number of carbonyl (C=O) groups is 1. The van der Waals surface area contributed by atoms with Gasteiger partial charge in [0.1, 0.15) is 29.0 Å². The lowest BCUT2D eigenvalue weighted by Crippen LogP contribution is -2.20. The van der Waals surface area contributed by atoms with Crippen LogP contribution in [0.25, 0.3) is 22.4 Å². The fourth-order valence-electron chi connectivity index (χ4n) is 2.81. The van der Waals surface area contributed by atoms with Crippen molar-refractivity contribution in [3.8, 4) is 22.9 Å². The first-order chi connectivity index (χ1) is 14.6. The lowest BCUT2D eigenvalue weighted by atomic mass is 10.1. The van der Waals surface area contributed by atoms with Gasteiger partial charge in [-0.05, 0) is 55.5 Å². The minimum absolute atomic E-state index is 0.141. The molecule has 2 aromatic heterocycles. The van der Waals surface area contributed by atoms with Gasteiger partial charge in [-0.2, -0.15) is 4.98 Å². The van der Waals surface area contributed by atoms with Gasteiger partial charge in [0.2, 0.25) is 5.88 Å². The summed E-state index contributed by atoms with van der Waals surface area (Å²) in [6.07, 6.45) is 1.25. The first-order valence-corrected chi connectivity index (χ1v) is 9.16. The first-order valence-electron chi connectivity index (χ1n) is 9.16. The van der Waals surface area contributed by atoms with Gasteiger partial charge in [-0.1, -0.05) is 5.16 Å². The summed E-state index contributed by atoms with van der Waals surface area (Å²) in [4.78, 5) is 20.4. The van der Waals surface area contributed by atoms with Crippen LogP contribution in [0.5, 0.6) is 11.6 Å². The molecule has 2 heterocycles. The molecule has 30 heavy (non-hydrogen) atoms. The summed E-state index contributed by atoms with van der Waals surface area (Å²) in [6, 6.07) is 12.7. The molecule has 0 fully saturated rings. The number of hydrogen-bond acceptors (Lipinski definition) is 7. The Kier molecular flexibility index (Phi) is 5.51. The zero-order valence-electron chi connectivity index (χ0n) is 16.0. The van der Waals surface area contributed by atoms with Crippen LogP contribution in [0.2, 0.25) is 0 Å². The SMILES string of the molecule is CCOc1ccc(NC(=O)COc2ncnc3onc(-c4ccc(F)cc4)c23)cc1. The number of fused-ring (bicyclic) bond motifs is 1. The molecule has 1 N–H and O–H groups in total. The van der Waals surface area contributed by atoms with Crippen molar-refractivity contribution in [1.82, 2.24) is 15.1 Å². The molecule has 0 saturated heterocycles. The second kappa shape index (κ2) is 8.56. The Labute approximate surface area is 170 Å². The van der Waals surface area contributed by atoms with E-state index in [9.17, 15) is 9.18 Å². The quantitative estimate of drug-likeness (QED) is 0.496. The van der Waals surface area contributed by atoms with E-state index in [2.05, 4.69) is 20.4 Å². The molecular weight excluding hydrogens is 391 g/mol. The number of aromatic nitrogens is 3. The molecule has 8 nitrogen and oxygen atoms in total. The second-order valence-electron chi connectivity index (χ2n) is 6.19. The van der Waals surface area contributed by atoms with Crippen LogP contribution in [-0.4, -0.2) is 34.2 Å². The lowest BCUT2D eigenvalue weighted by Gasteiger charge is -2.08. The maximum Gasteiger partial charge on any atom is 0.265 e. The maximum atomic E-state index is 13.2. The van der Waals surface area contributed by atoms with Gasteiger partial charge in [0.15, 0.2) is 6.61 Å². The Morgan fingerprint density at radius 3 is 2.57 bits per heavy atom. The van der Waals surface area contributed by atoms with Gasteiger partial charge < -0.3 is 19.3 Å². The summed E-state index contributed by atoms with van der Waals surface area (Å²) < 4.78 is 29.4. The number of nitrogens with zero attached hydrogens (tertiary/aromatic N) is 3. The van der Waals surface area contributed by atoms with Gasteiger partial charge in [0.25, 0.3) is 11.6 Å². The van der Waals surface area contributed by atoms with Crippen LogP contribution in [0.1, 0.15) is 6.92 Å². The highest BCUT2D eigenvalue weighted by molar-refractivity contribution is 5.94. The van der Waals surface area contributed by atoms with Crippen LogP contribution in [-0.2, 0) is 4.79 Å². The molecule has 0 saturated carbocycles. The van der Waals surface area contributed by atoms with E-state index < -0.39 is 0 Å². The summed E-state index contributed by atoms with van der Waals surface area (Å²) in [6.45, 7) is 2.18. The van der Waals surface area contributed by atoms with E-state index in [0.717, 1.165) is 5.75 Å². The molecule has 0 aliphatic rings. The topological polar surface area (TPSA) is 99.4 Å². The largest absolute Gasteiger partial charge is 0.494 e. The van der Waals surface area contributed by atoms with Gasteiger partial charge in [0.05, 0.1) is 6.61 Å². The van der Waals surface area contributed by atoms with E-state index in [1.54, 1.807) is 36.4 Å². The van der Waals surface area contributed by atoms with Crippen molar-refractivity contribution in [3.05, 3.63) is 60.7 Å². The Morgan fingerprint density at radius 2 is 1.83 bits per heavy atom. The third-order valence-corrected chi connectivity index (χ3v) is 4.14. The molecule has 0 spiro atoms.